The summed E-state index contributed by atoms with van der Waals surface area (Å²) in [7, 11) is 0. The van der Waals surface area contributed by atoms with Crippen molar-refractivity contribution in [2.24, 2.45) is 10.2 Å². The number of amides is 1. The van der Waals surface area contributed by atoms with Crippen LogP contribution in [0.4, 0.5) is 5.69 Å². The number of amidine groups is 1. The Hall–Kier alpha value is -2.42. The van der Waals surface area contributed by atoms with Crippen molar-refractivity contribution in [3.63, 3.8) is 0 Å². The van der Waals surface area contributed by atoms with Crippen LogP contribution < -0.4 is 5.32 Å². The fraction of sp³-hybridized carbons (Fsp3) is 0.100. The van der Waals surface area contributed by atoms with E-state index in [9.17, 15) is 20.0 Å². The molecule has 2 N–H and O–H groups in total. The molecule has 1 saturated heterocycles. The number of phenols is 1. The molecule has 1 amide bonds. The van der Waals surface area contributed by atoms with Crippen LogP contribution in [0.15, 0.2) is 28.4 Å². The van der Waals surface area contributed by atoms with E-state index >= 15 is 0 Å². The van der Waals surface area contributed by atoms with Crippen molar-refractivity contribution in [1.29, 1.82) is 0 Å². The first kappa shape index (κ1) is 13.0. The van der Waals surface area contributed by atoms with E-state index in [1.807, 2.05) is 0 Å². The summed E-state index contributed by atoms with van der Waals surface area (Å²) in [6.07, 6.45) is 1.18. The van der Waals surface area contributed by atoms with E-state index in [1.165, 1.54) is 36.2 Å². The average molecular weight is 280 g/mol. The third-order valence-electron chi connectivity index (χ3n) is 2.15. The molecule has 98 valence electrons. The average Bonchev–Trinajstić information content (AvgIpc) is 2.77. The van der Waals surface area contributed by atoms with Gasteiger partial charge in [0.1, 0.15) is 5.75 Å². The van der Waals surface area contributed by atoms with Gasteiger partial charge in [-0.1, -0.05) is 11.8 Å². The lowest BCUT2D eigenvalue weighted by Gasteiger charge is -1.97. The molecule has 0 radical (unpaired) electrons. The SMILES string of the molecule is O=C1CSC(=NN=Cc2cc([N+](=O)[O-])ccc2O)N1. The molecule has 1 aliphatic rings. The van der Waals surface area contributed by atoms with Crippen LogP contribution in [0.2, 0.25) is 0 Å². The number of thioether (sulfide) groups is 1. The Morgan fingerprint density at radius 2 is 2.32 bits per heavy atom. The predicted molar refractivity (Wildman–Crippen MR) is 70.4 cm³/mol. The van der Waals surface area contributed by atoms with Crippen molar-refractivity contribution >= 4 is 34.7 Å². The molecule has 0 unspecified atom stereocenters. The number of hydrogen-bond donors (Lipinski definition) is 2. The summed E-state index contributed by atoms with van der Waals surface area (Å²) >= 11 is 1.20. The lowest BCUT2D eigenvalue weighted by atomic mass is 10.2. The second-order valence-electron chi connectivity index (χ2n) is 3.49. The first-order valence-electron chi connectivity index (χ1n) is 5.07. The predicted octanol–water partition coefficient (Wildman–Crippen LogP) is 0.853. The van der Waals surface area contributed by atoms with Gasteiger partial charge in [0.25, 0.3) is 5.69 Å². The minimum atomic E-state index is -0.574. The molecule has 2 rings (SSSR count). The second-order valence-corrected chi connectivity index (χ2v) is 4.45. The molecule has 0 aromatic heterocycles. The number of nitrogens with zero attached hydrogens (tertiary/aromatic N) is 3. The van der Waals surface area contributed by atoms with E-state index in [0.717, 1.165) is 0 Å². The summed E-state index contributed by atoms with van der Waals surface area (Å²) in [6.45, 7) is 0. The van der Waals surface area contributed by atoms with Crippen LogP contribution in [-0.4, -0.2) is 33.1 Å². The number of benzene rings is 1. The standard InChI is InChI=1S/C10H8N4O4S/c15-8-2-1-7(14(17)18)3-6(8)4-11-13-10-12-9(16)5-19-10/h1-4,15H,5H2,(H,12,13,16). The molecular weight excluding hydrogens is 272 g/mol. The van der Waals surface area contributed by atoms with E-state index in [4.69, 9.17) is 0 Å². The van der Waals surface area contributed by atoms with Crippen LogP contribution in [0.25, 0.3) is 0 Å². The number of carbonyl (C=O) groups is 1. The Morgan fingerprint density at radius 1 is 1.53 bits per heavy atom. The number of nitro benzene ring substituents is 1. The number of nitro groups is 1. The van der Waals surface area contributed by atoms with Gasteiger partial charge < -0.3 is 10.4 Å². The van der Waals surface area contributed by atoms with Crippen molar-refractivity contribution in [3.8, 4) is 5.75 Å². The molecule has 0 saturated carbocycles. The summed E-state index contributed by atoms with van der Waals surface area (Å²) < 4.78 is 0. The topological polar surface area (TPSA) is 117 Å². The normalized spacial score (nSPS) is 17.1. The van der Waals surface area contributed by atoms with Crippen LogP contribution in [0.3, 0.4) is 0 Å². The molecule has 0 bridgehead atoms. The summed E-state index contributed by atoms with van der Waals surface area (Å²) in [6, 6.07) is 3.57. The van der Waals surface area contributed by atoms with E-state index in [-0.39, 0.29) is 28.7 Å². The molecule has 1 aliphatic heterocycles. The second kappa shape index (κ2) is 5.48. The molecule has 0 atom stereocenters. The minimum absolute atomic E-state index is 0.141. The van der Waals surface area contributed by atoms with E-state index < -0.39 is 4.92 Å². The molecular formula is C10H8N4O4S. The Morgan fingerprint density at radius 3 is 2.95 bits per heavy atom. The van der Waals surface area contributed by atoms with Crippen LogP contribution in [0.1, 0.15) is 5.56 Å². The van der Waals surface area contributed by atoms with Gasteiger partial charge in [0.05, 0.1) is 16.9 Å². The molecule has 9 heteroatoms. The first-order valence-corrected chi connectivity index (χ1v) is 6.06. The van der Waals surface area contributed by atoms with Gasteiger partial charge in [-0.3, -0.25) is 14.9 Å². The van der Waals surface area contributed by atoms with Gasteiger partial charge in [0.15, 0.2) is 5.17 Å². The zero-order valence-electron chi connectivity index (χ0n) is 9.44. The summed E-state index contributed by atoms with van der Waals surface area (Å²) in [4.78, 5) is 20.9. The Balaban J connectivity index is 2.16. The molecule has 0 spiro atoms. The van der Waals surface area contributed by atoms with Crippen molar-refractivity contribution in [2.45, 2.75) is 0 Å². The number of phenolic OH excluding ortho intramolecular Hbond substituents is 1. The Kier molecular flexibility index (Phi) is 3.76. The first-order chi connectivity index (χ1) is 9.06. The maximum Gasteiger partial charge on any atom is 0.270 e. The summed E-state index contributed by atoms with van der Waals surface area (Å²) in [5, 5.41) is 30.3. The van der Waals surface area contributed by atoms with Crippen molar-refractivity contribution < 1.29 is 14.8 Å². The zero-order chi connectivity index (χ0) is 13.8. The van der Waals surface area contributed by atoms with Crippen LogP contribution in [0, 0.1) is 10.1 Å². The largest absolute Gasteiger partial charge is 0.507 e. The van der Waals surface area contributed by atoms with E-state index in [2.05, 4.69) is 15.5 Å². The number of rotatable bonds is 3. The molecule has 1 aromatic carbocycles. The number of carbonyl (C=O) groups excluding carboxylic acids is 1. The highest BCUT2D eigenvalue weighted by Crippen LogP contribution is 2.21. The highest BCUT2D eigenvalue weighted by atomic mass is 32.2. The smallest absolute Gasteiger partial charge is 0.270 e. The lowest BCUT2D eigenvalue weighted by molar-refractivity contribution is -0.384. The molecule has 0 aliphatic carbocycles. The van der Waals surface area contributed by atoms with Crippen molar-refractivity contribution in [2.75, 3.05) is 5.75 Å². The van der Waals surface area contributed by atoms with E-state index in [1.54, 1.807) is 0 Å². The number of non-ortho nitro benzene ring substituents is 1. The van der Waals surface area contributed by atoms with Crippen LogP contribution in [-0.2, 0) is 4.79 Å². The van der Waals surface area contributed by atoms with Gasteiger partial charge in [-0.15, -0.1) is 5.10 Å². The van der Waals surface area contributed by atoms with Crippen LogP contribution >= 0.6 is 11.8 Å². The number of hydrogen-bond acceptors (Lipinski definition) is 7. The molecule has 1 fully saturated rings. The fourth-order valence-corrected chi connectivity index (χ4v) is 1.91. The number of aromatic hydroxyl groups is 1. The number of nitrogens with one attached hydrogen (secondary N) is 1. The lowest BCUT2D eigenvalue weighted by Crippen LogP contribution is -2.19. The van der Waals surface area contributed by atoms with Gasteiger partial charge in [-0.2, -0.15) is 5.10 Å². The summed E-state index contributed by atoms with van der Waals surface area (Å²) in [5.41, 5.74) is 0.0170. The monoisotopic (exact) mass is 280 g/mol. The Bertz CT molecular complexity index is 599. The summed E-state index contributed by atoms with van der Waals surface area (Å²) in [5.74, 6) is -0.00837. The van der Waals surface area contributed by atoms with Gasteiger partial charge >= 0.3 is 0 Å². The molecule has 1 heterocycles. The minimum Gasteiger partial charge on any atom is -0.507 e. The zero-order valence-corrected chi connectivity index (χ0v) is 10.3. The van der Waals surface area contributed by atoms with Crippen LogP contribution in [0.5, 0.6) is 5.75 Å². The van der Waals surface area contributed by atoms with Crippen molar-refractivity contribution in [3.05, 3.63) is 33.9 Å². The molecule has 1 aromatic rings. The van der Waals surface area contributed by atoms with Gasteiger partial charge in [-0.25, -0.2) is 0 Å². The van der Waals surface area contributed by atoms with Gasteiger partial charge in [-0.05, 0) is 6.07 Å². The van der Waals surface area contributed by atoms with Gasteiger partial charge in [0, 0.05) is 17.7 Å². The highest BCUT2D eigenvalue weighted by molar-refractivity contribution is 8.15. The van der Waals surface area contributed by atoms with Gasteiger partial charge in [0.2, 0.25) is 5.91 Å². The quantitative estimate of drug-likeness (QED) is 0.483. The molecule has 19 heavy (non-hydrogen) atoms. The third-order valence-corrected chi connectivity index (χ3v) is 3.02. The Labute approximate surface area is 111 Å². The highest BCUT2D eigenvalue weighted by Gasteiger charge is 2.16. The maximum absolute atomic E-state index is 10.9. The third kappa shape index (κ3) is 3.28. The maximum atomic E-state index is 10.9. The van der Waals surface area contributed by atoms with E-state index in [0.29, 0.717) is 5.17 Å². The fourth-order valence-electron chi connectivity index (χ4n) is 1.28. The van der Waals surface area contributed by atoms with Crippen molar-refractivity contribution in [1.82, 2.24) is 5.32 Å². The molecule has 8 nitrogen and oxygen atoms in total.